The van der Waals surface area contributed by atoms with Crippen molar-refractivity contribution in [1.29, 1.82) is 0 Å². The molecule has 6 heteroatoms. The second kappa shape index (κ2) is 8.75. The van der Waals surface area contributed by atoms with Crippen molar-refractivity contribution in [3.8, 4) is 0 Å². The molecule has 1 heterocycles. The molecule has 0 saturated heterocycles. The first-order chi connectivity index (χ1) is 15.1. The van der Waals surface area contributed by atoms with E-state index in [0.717, 1.165) is 11.3 Å². The zero-order valence-electron chi connectivity index (χ0n) is 17.0. The van der Waals surface area contributed by atoms with E-state index in [2.05, 4.69) is 0 Å². The Kier molecular flexibility index (Phi) is 5.71. The molecule has 0 amide bonds. The lowest BCUT2D eigenvalue weighted by molar-refractivity contribution is -0.138. The van der Waals surface area contributed by atoms with Gasteiger partial charge in [-0.05, 0) is 29.8 Å². The van der Waals surface area contributed by atoms with E-state index in [1.165, 1.54) is 7.11 Å². The minimum Gasteiger partial charge on any atom is -0.478 e. The number of methoxy groups -OCH3 is 1. The zero-order valence-corrected chi connectivity index (χ0v) is 17.0. The molecule has 1 N–H and O–H groups in total. The fourth-order valence-electron chi connectivity index (χ4n) is 3.89. The number of carbonyl (C=O) groups excluding carboxylic acids is 1. The number of carboxylic acids is 1. The van der Waals surface area contributed by atoms with Crippen LogP contribution in [0.15, 0.2) is 102 Å². The van der Waals surface area contributed by atoms with Crippen molar-refractivity contribution in [2.75, 3.05) is 23.5 Å². The number of benzene rings is 3. The van der Waals surface area contributed by atoms with Gasteiger partial charge < -0.3 is 19.6 Å². The third-order valence-electron chi connectivity index (χ3n) is 5.25. The Labute approximate surface area is 180 Å². The average Bonchev–Trinajstić information content (AvgIpc) is 2.83. The zero-order chi connectivity index (χ0) is 21.8. The van der Waals surface area contributed by atoms with Crippen molar-refractivity contribution in [2.45, 2.75) is 6.17 Å². The van der Waals surface area contributed by atoms with Crippen LogP contribution in [0.5, 0.6) is 0 Å². The highest BCUT2D eigenvalue weighted by molar-refractivity contribution is 6.04. The topological polar surface area (TPSA) is 70.1 Å². The minimum absolute atomic E-state index is 0.0215. The van der Waals surface area contributed by atoms with Gasteiger partial charge in [-0.1, -0.05) is 66.7 Å². The number of ether oxygens (including phenoxy) is 1. The van der Waals surface area contributed by atoms with Crippen LogP contribution in [0.4, 0.5) is 11.4 Å². The highest BCUT2D eigenvalue weighted by Crippen LogP contribution is 2.41. The lowest BCUT2D eigenvalue weighted by Crippen LogP contribution is -2.50. The molecule has 31 heavy (non-hydrogen) atoms. The molecule has 1 atom stereocenters. The normalized spacial score (nSPS) is 16.2. The van der Waals surface area contributed by atoms with Crippen LogP contribution in [0.3, 0.4) is 0 Å². The van der Waals surface area contributed by atoms with Crippen LogP contribution >= 0.6 is 0 Å². The Bertz CT molecular complexity index is 1100. The number of para-hydroxylation sites is 2. The summed E-state index contributed by atoms with van der Waals surface area (Å²) in [5.74, 6) is -1.84. The fraction of sp³-hybridized carbons (Fsp3) is 0.120. The summed E-state index contributed by atoms with van der Waals surface area (Å²) in [5, 5.41) is 10.0. The van der Waals surface area contributed by atoms with Crippen molar-refractivity contribution in [1.82, 2.24) is 0 Å². The van der Waals surface area contributed by atoms with E-state index < -0.39 is 18.1 Å². The van der Waals surface area contributed by atoms with Crippen molar-refractivity contribution in [3.63, 3.8) is 0 Å². The van der Waals surface area contributed by atoms with Crippen molar-refractivity contribution >= 4 is 23.3 Å². The second-order valence-corrected chi connectivity index (χ2v) is 7.08. The van der Waals surface area contributed by atoms with E-state index in [-0.39, 0.29) is 17.8 Å². The third kappa shape index (κ3) is 3.88. The standard InChI is InChI=1S/C25H22N2O4/c1-31-25(30)22-21(24(28)29)17-26(19-13-7-3-8-14-19)23(18-11-5-2-6-12-18)27(22)20-15-9-4-10-16-20/h2-16,23H,17H2,1H3,(H,28,29). The molecule has 1 aliphatic rings. The first-order valence-corrected chi connectivity index (χ1v) is 9.87. The molecule has 156 valence electrons. The Morgan fingerprint density at radius 3 is 1.87 bits per heavy atom. The summed E-state index contributed by atoms with van der Waals surface area (Å²) in [5.41, 5.74) is 2.46. The fourth-order valence-corrected chi connectivity index (χ4v) is 3.89. The number of carbonyl (C=O) groups is 2. The van der Waals surface area contributed by atoms with Gasteiger partial charge in [-0.15, -0.1) is 0 Å². The molecule has 6 nitrogen and oxygen atoms in total. The van der Waals surface area contributed by atoms with Gasteiger partial charge in [-0.2, -0.15) is 0 Å². The summed E-state index contributed by atoms with van der Waals surface area (Å²) < 4.78 is 5.03. The summed E-state index contributed by atoms with van der Waals surface area (Å²) >= 11 is 0. The SMILES string of the molecule is COC(=O)C1=C(C(=O)O)CN(c2ccccc2)C(c2ccccc2)N1c1ccccc1. The Morgan fingerprint density at radius 2 is 1.35 bits per heavy atom. The molecule has 1 aliphatic heterocycles. The Balaban J connectivity index is 2.02. The third-order valence-corrected chi connectivity index (χ3v) is 5.25. The second-order valence-electron chi connectivity index (χ2n) is 7.08. The number of anilines is 2. The van der Waals surface area contributed by atoms with Gasteiger partial charge in [0.25, 0.3) is 0 Å². The number of hydrogen-bond acceptors (Lipinski definition) is 5. The van der Waals surface area contributed by atoms with Crippen molar-refractivity contribution in [3.05, 3.63) is 108 Å². The molecule has 0 aliphatic carbocycles. The number of carboxylic acid groups (broad SMARTS) is 1. The summed E-state index contributed by atoms with van der Waals surface area (Å²) in [4.78, 5) is 28.9. The smallest absolute Gasteiger partial charge is 0.355 e. The van der Waals surface area contributed by atoms with Crippen LogP contribution in [-0.2, 0) is 14.3 Å². The molecule has 4 rings (SSSR count). The first-order valence-electron chi connectivity index (χ1n) is 9.87. The van der Waals surface area contributed by atoms with Gasteiger partial charge in [0.2, 0.25) is 0 Å². The van der Waals surface area contributed by atoms with Crippen LogP contribution < -0.4 is 9.80 Å². The molecule has 3 aromatic carbocycles. The van der Waals surface area contributed by atoms with Gasteiger partial charge >= 0.3 is 11.9 Å². The van der Waals surface area contributed by atoms with Gasteiger partial charge in [-0.3, -0.25) is 0 Å². The Morgan fingerprint density at radius 1 is 0.839 bits per heavy atom. The monoisotopic (exact) mass is 414 g/mol. The molecular weight excluding hydrogens is 392 g/mol. The highest BCUT2D eigenvalue weighted by atomic mass is 16.5. The summed E-state index contributed by atoms with van der Waals surface area (Å²) in [6.07, 6.45) is -0.455. The van der Waals surface area contributed by atoms with Crippen LogP contribution in [0.2, 0.25) is 0 Å². The highest BCUT2D eigenvalue weighted by Gasteiger charge is 2.41. The number of hydrogen-bond donors (Lipinski definition) is 1. The molecule has 0 radical (unpaired) electrons. The molecular formula is C25H22N2O4. The minimum atomic E-state index is -1.16. The van der Waals surface area contributed by atoms with Crippen LogP contribution in [0.25, 0.3) is 0 Å². The van der Waals surface area contributed by atoms with E-state index in [9.17, 15) is 14.7 Å². The number of esters is 1. The largest absolute Gasteiger partial charge is 0.478 e. The first kappa shape index (κ1) is 20.2. The molecule has 1 unspecified atom stereocenters. The van der Waals surface area contributed by atoms with Crippen LogP contribution in [0.1, 0.15) is 11.7 Å². The number of rotatable bonds is 5. The van der Waals surface area contributed by atoms with Crippen LogP contribution in [-0.4, -0.2) is 30.7 Å². The quantitative estimate of drug-likeness (QED) is 0.631. The van der Waals surface area contributed by atoms with Gasteiger partial charge in [0.15, 0.2) is 0 Å². The van der Waals surface area contributed by atoms with Gasteiger partial charge in [0.1, 0.15) is 11.9 Å². The predicted octanol–water partition coefficient (Wildman–Crippen LogP) is 4.22. The molecule has 0 fully saturated rings. The summed E-state index contributed by atoms with van der Waals surface area (Å²) in [6.45, 7) is 0.0483. The Hall–Kier alpha value is -4.06. The van der Waals surface area contributed by atoms with Crippen molar-refractivity contribution in [2.24, 2.45) is 0 Å². The van der Waals surface area contributed by atoms with Gasteiger partial charge in [0.05, 0.1) is 19.2 Å². The predicted molar refractivity (Wildman–Crippen MR) is 119 cm³/mol. The molecule has 0 aromatic heterocycles. The lowest BCUT2D eigenvalue weighted by Gasteiger charge is -2.46. The summed E-state index contributed by atoms with van der Waals surface area (Å²) in [7, 11) is 1.26. The van der Waals surface area contributed by atoms with Crippen LogP contribution in [0, 0.1) is 0 Å². The van der Waals surface area contributed by atoms with E-state index in [0.29, 0.717) is 5.69 Å². The average molecular weight is 414 g/mol. The van der Waals surface area contributed by atoms with E-state index >= 15 is 0 Å². The van der Waals surface area contributed by atoms with Gasteiger partial charge in [0, 0.05) is 11.4 Å². The van der Waals surface area contributed by atoms with E-state index in [1.807, 2.05) is 95.9 Å². The maximum atomic E-state index is 12.9. The molecule has 3 aromatic rings. The maximum Gasteiger partial charge on any atom is 0.355 e. The maximum absolute atomic E-state index is 12.9. The van der Waals surface area contributed by atoms with Gasteiger partial charge in [-0.25, -0.2) is 9.59 Å². The molecule has 0 saturated carbocycles. The number of aliphatic carboxylic acids is 1. The van der Waals surface area contributed by atoms with E-state index in [4.69, 9.17) is 4.74 Å². The summed E-state index contributed by atoms with van der Waals surface area (Å²) in [6, 6.07) is 28.6. The number of nitrogens with zero attached hydrogens (tertiary/aromatic N) is 2. The van der Waals surface area contributed by atoms with Crippen molar-refractivity contribution < 1.29 is 19.4 Å². The lowest BCUT2D eigenvalue weighted by atomic mass is 9.99. The molecule has 0 spiro atoms. The van der Waals surface area contributed by atoms with E-state index in [1.54, 1.807) is 4.90 Å². The molecule has 0 bridgehead atoms.